The highest BCUT2D eigenvalue weighted by molar-refractivity contribution is 7.99. The number of nitrogens with two attached hydrogens (primary N) is 1. The lowest BCUT2D eigenvalue weighted by molar-refractivity contribution is 0.340. The predicted molar refractivity (Wildman–Crippen MR) is 70.2 cm³/mol. The van der Waals surface area contributed by atoms with Crippen molar-refractivity contribution in [1.82, 2.24) is 0 Å². The van der Waals surface area contributed by atoms with E-state index in [1.165, 1.54) is 11.1 Å². The molecule has 1 aromatic carbocycles. The molecular weight excluding hydrogens is 218 g/mol. The summed E-state index contributed by atoms with van der Waals surface area (Å²) in [6.45, 7) is 2.97. The monoisotopic (exact) mass is 237 g/mol. The molecule has 0 radical (unpaired) electrons. The van der Waals surface area contributed by atoms with Crippen LogP contribution in [0.15, 0.2) is 18.2 Å². The van der Waals surface area contributed by atoms with Crippen LogP contribution in [-0.2, 0) is 6.42 Å². The standard InChI is InChI=1S/C13H19NOS/c1-2-16-9-8-15-13-5-3-4-10-11(13)6-7-12(10)14/h3-5,12H,2,6-9,14H2,1H3. The maximum atomic E-state index is 6.03. The Morgan fingerprint density at radius 2 is 2.38 bits per heavy atom. The molecule has 0 bridgehead atoms. The Hall–Kier alpha value is -0.670. The summed E-state index contributed by atoms with van der Waals surface area (Å²) in [5.41, 5.74) is 8.64. The minimum absolute atomic E-state index is 0.212. The second kappa shape index (κ2) is 5.60. The van der Waals surface area contributed by atoms with Crippen LogP contribution < -0.4 is 10.5 Å². The number of rotatable bonds is 5. The molecule has 1 aliphatic rings. The van der Waals surface area contributed by atoms with E-state index in [0.717, 1.165) is 36.7 Å². The first kappa shape index (κ1) is 11.8. The number of ether oxygens (including phenoxy) is 1. The van der Waals surface area contributed by atoms with Crippen molar-refractivity contribution in [2.24, 2.45) is 5.73 Å². The van der Waals surface area contributed by atoms with Gasteiger partial charge in [0.05, 0.1) is 6.61 Å². The van der Waals surface area contributed by atoms with Gasteiger partial charge in [-0.05, 0) is 35.8 Å². The molecule has 3 heteroatoms. The van der Waals surface area contributed by atoms with Crippen LogP contribution in [0.25, 0.3) is 0 Å². The largest absolute Gasteiger partial charge is 0.492 e. The molecule has 16 heavy (non-hydrogen) atoms. The van der Waals surface area contributed by atoms with Gasteiger partial charge in [-0.1, -0.05) is 19.1 Å². The van der Waals surface area contributed by atoms with Crippen molar-refractivity contribution in [3.63, 3.8) is 0 Å². The maximum absolute atomic E-state index is 6.03. The van der Waals surface area contributed by atoms with Crippen LogP contribution in [0.2, 0.25) is 0 Å². The Morgan fingerprint density at radius 3 is 3.19 bits per heavy atom. The summed E-state index contributed by atoms with van der Waals surface area (Å²) >= 11 is 1.91. The Kier molecular flexibility index (Phi) is 4.13. The van der Waals surface area contributed by atoms with E-state index in [-0.39, 0.29) is 6.04 Å². The van der Waals surface area contributed by atoms with Gasteiger partial charge < -0.3 is 10.5 Å². The number of hydrogen-bond donors (Lipinski definition) is 1. The lowest BCUT2D eigenvalue weighted by Gasteiger charge is -2.11. The predicted octanol–water partition coefficient (Wildman–Crippen LogP) is 2.76. The van der Waals surface area contributed by atoms with Crippen LogP contribution in [-0.4, -0.2) is 18.1 Å². The molecule has 0 saturated carbocycles. The highest BCUT2D eigenvalue weighted by atomic mass is 32.2. The first-order valence-corrected chi connectivity index (χ1v) is 7.06. The number of benzene rings is 1. The molecule has 0 heterocycles. The van der Waals surface area contributed by atoms with Crippen LogP contribution in [0.3, 0.4) is 0 Å². The van der Waals surface area contributed by atoms with Gasteiger partial charge in [0.2, 0.25) is 0 Å². The molecule has 1 atom stereocenters. The summed E-state index contributed by atoms with van der Waals surface area (Å²) in [5, 5.41) is 0. The summed E-state index contributed by atoms with van der Waals surface area (Å²) < 4.78 is 5.82. The highest BCUT2D eigenvalue weighted by Gasteiger charge is 2.21. The van der Waals surface area contributed by atoms with Crippen molar-refractivity contribution in [1.29, 1.82) is 0 Å². The summed E-state index contributed by atoms with van der Waals surface area (Å²) in [4.78, 5) is 0. The summed E-state index contributed by atoms with van der Waals surface area (Å²) in [6.07, 6.45) is 2.12. The number of fused-ring (bicyclic) bond motifs is 1. The molecule has 0 fully saturated rings. The van der Waals surface area contributed by atoms with Crippen LogP contribution >= 0.6 is 11.8 Å². The van der Waals surface area contributed by atoms with Crippen molar-refractivity contribution in [3.05, 3.63) is 29.3 Å². The van der Waals surface area contributed by atoms with Gasteiger partial charge in [0, 0.05) is 11.8 Å². The van der Waals surface area contributed by atoms with Crippen LogP contribution in [0.1, 0.15) is 30.5 Å². The van der Waals surface area contributed by atoms with Crippen molar-refractivity contribution in [2.75, 3.05) is 18.1 Å². The van der Waals surface area contributed by atoms with E-state index < -0.39 is 0 Å². The Balaban J connectivity index is 2.00. The number of hydrogen-bond acceptors (Lipinski definition) is 3. The average Bonchev–Trinajstić information content (AvgIpc) is 2.68. The van der Waals surface area contributed by atoms with E-state index >= 15 is 0 Å². The smallest absolute Gasteiger partial charge is 0.122 e. The SMILES string of the molecule is CCSCCOc1cccc2c1CCC2N. The topological polar surface area (TPSA) is 35.2 Å². The van der Waals surface area contributed by atoms with Gasteiger partial charge in [-0.2, -0.15) is 11.8 Å². The van der Waals surface area contributed by atoms with E-state index in [9.17, 15) is 0 Å². The molecule has 0 aromatic heterocycles. The molecule has 1 aliphatic carbocycles. The van der Waals surface area contributed by atoms with Gasteiger partial charge in [-0.15, -0.1) is 0 Å². The van der Waals surface area contributed by atoms with Crippen molar-refractivity contribution in [2.45, 2.75) is 25.8 Å². The molecule has 88 valence electrons. The zero-order valence-corrected chi connectivity index (χ0v) is 10.6. The Morgan fingerprint density at radius 1 is 1.50 bits per heavy atom. The molecule has 0 saturated heterocycles. The first-order chi connectivity index (χ1) is 7.83. The molecule has 0 spiro atoms. The van der Waals surface area contributed by atoms with Gasteiger partial charge in [-0.3, -0.25) is 0 Å². The highest BCUT2D eigenvalue weighted by Crippen LogP contribution is 2.35. The normalized spacial score (nSPS) is 18.5. The third-order valence-electron chi connectivity index (χ3n) is 2.96. The summed E-state index contributed by atoms with van der Waals surface area (Å²) in [6, 6.07) is 6.45. The Labute approximate surface area is 102 Å². The minimum atomic E-state index is 0.212. The minimum Gasteiger partial charge on any atom is -0.492 e. The lowest BCUT2D eigenvalue weighted by atomic mass is 10.1. The van der Waals surface area contributed by atoms with Gasteiger partial charge in [-0.25, -0.2) is 0 Å². The molecule has 2 N–H and O–H groups in total. The zero-order valence-electron chi connectivity index (χ0n) is 9.74. The second-order valence-electron chi connectivity index (χ2n) is 4.01. The van der Waals surface area contributed by atoms with Gasteiger partial charge in [0.1, 0.15) is 5.75 Å². The van der Waals surface area contributed by atoms with Gasteiger partial charge in [0.15, 0.2) is 0 Å². The van der Waals surface area contributed by atoms with E-state index in [4.69, 9.17) is 10.5 Å². The quantitative estimate of drug-likeness (QED) is 0.800. The van der Waals surface area contributed by atoms with Crippen molar-refractivity contribution >= 4 is 11.8 Å². The fourth-order valence-electron chi connectivity index (χ4n) is 2.14. The van der Waals surface area contributed by atoms with Crippen LogP contribution in [0.5, 0.6) is 5.75 Å². The third kappa shape index (κ3) is 2.53. The van der Waals surface area contributed by atoms with E-state index in [1.54, 1.807) is 0 Å². The van der Waals surface area contributed by atoms with Gasteiger partial charge in [0.25, 0.3) is 0 Å². The fraction of sp³-hybridized carbons (Fsp3) is 0.538. The third-order valence-corrected chi connectivity index (χ3v) is 3.83. The number of thioether (sulfide) groups is 1. The molecular formula is C13H19NOS. The molecule has 0 amide bonds. The molecule has 1 aromatic rings. The summed E-state index contributed by atoms with van der Waals surface area (Å²) in [7, 11) is 0. The molecule has 1 unspecified atom stereocenters. The van der Waals surface area contributed by atoms with E-state index in [2.05, 4.69) is 19.1 Å². The summed E-state index contributed by atoms with van der Waals surface area (Å²) in [5.74, 6) is 3.26. The second-order valence-corrected chi connectivity index (χ2v) is 5.41. The molecule has 0 aliphatic heterocycles. The Bertz CT molecular complexity index is 354. The van der Waals surface area contributed by atoms with E-state index in [1.807, 2.05) is 17.8 Å². The van der Waals surface area contributed by atoms with Gasteiger partial charge >= 0.3 is 0 Å². The lowest BCUT2D eigenvalue weighted by Crippen LogP contribution is -2.06. The van der Waals surface area contributed by atoms with E-state index in [0.29, 0.717) is 0 Å². The van der Waals surface area contributed by atoms with Crippen molar-refractivity contribution < 1.29 is 4.74 Å². The van der Waals surface area contributed by atoms with Crippen LogP contribution in [0.4, 0.5) is 0 Å². The molecule has 2 nitrogen and oxygen atoms in total. The fourth-order valence-corrected chi connectivity index (χ4v) is 2.63. The average molecular weight is 237 g/mol. The first-order valence-electron chi connectivity index (χ1n) is 5.91. The van der Waals surface area contributed by atoms with Crippen molar-refractivity contribution in [3.8, 4) is 5.75 Å². The molecule has 2 rings (SSSR count). The van der Waals surface area contributed by atoms with Crippen LogP contribution in [0, 0.1) is 0 Å². The zero-order chi connectivity index (χ0) is 11.4. The maximum Gasteiger partial charge on any atom is 0.122 e.